The summed E-state index contributed by atoms with van der Waals surface area (Å²) in [5, 5.41) is 0. The highest BCUT2D eigenvalue weighted by Crippen LogP contribution is 2.33. The molecule has 0 atom stereocenters. The molecule has 0 aromatic rings. The Hall–Kier alpha value is -0.780. The fourth-order valence-electron chi connectivity index (χ4n) is 2.15. The van der Waals surface area contributed by atoms with Crippen molar-refractivity contribution < 1.29 is 0 Å². The molecule has 0 spiro atoms. The van der Waals surface area contributed by atoms with Crippen LogP contribution >= 0.6 is 0 Å². The first kappa shape index (κ1) is 8.80. The third kappa shape index (κ3) is 1.77. The highest BCUT2D eigenvalue weighted by atomic mass is 14.2. The second kappa shape index (κ2) is 3.53. The van der Waals surface area contributed by atoms with Crippen LogP contribution < -0.4 is 0 Å². The Morgan fingerprint density at radius 2 is 1.85 bits per heavy atom. The van der Waals surface area contributed by atoms with Crippen LogP contribution in [0.2, 0.25) is 0 Å². The van der Waals surface area contributed by atoms with Crippen LogP contribution in [-0.4, -0.2) is 0 Å². The average molecular weight is 174 g/mol. The molecule has 0 aromatic heterocycles. The van der Waals surface area contributed by atoms with Gasteiger partial charge in [-0.05, 0) is 42.7 Å². The highest BCUT2D eigenvalue weighted by molar-refractivity contribution is 5.46. The van der Waals surface area contributed by atoms with E-state index in [1.807, 2.05) is 0 Å². The van der Waals surface area contributed by atoms with Gasteiger partial charge >= 0.3 is 0 Å². The molecule has 2 aliphatic rings. The zero-order valence-corrected chi connectivity index (χ0v) is 8.64. The number of rotatable bonds is 1. The summed E-state index contributed by atoms with van der Waals surface area (Å²) in [6.45, 7) is 4.59. The predicted molar refractivity (Wildman–Crippen MR) is 57.6 cm³/mol. The molecule has 0 unspecified atom stereocenters. The molecule has 0 nitrogen and oxygen atoms in total. The third-order valence-electron chi connectivity index (χ3n) is 3.06. The number of allylic oxidation sites excluding steroid dienone is 6. The van der Waals surface area contributed by atoms with Crippen molar-refractivity contribution in [2.75, 3.05) is 0 Å². The maximum atomic E-state index is 2.42. The van der Waals surface area contributed by atoms with E-state index in [-0.39, 0.29) is 0 Å². The summed E-state index contributed by atoms with van der Waals surface area (Å²) in [4.78, 5) is 0. The summed E-state index contributed by atoms with van der Waals surface area (Å²) in [5.74, 6) is 0.726. The van der Waals surface area contributed by atoms with E-state index in [1.54, 1.807) is 11.1 Å². The van der Waals surface area contributed by atoms with Gasteiger partial charge in [-0.2, -0.15) is 0 Å². The lowest BCUT2D eigenvalue weighted by atomic mass is 9.83. The van der Waals surface area contributed by atoms with Gasteiger partial charge < -0.3 is 0 Å². The quantitative estimate of drug-likeness (QED) is 0.563. The van der Waals surface area contributed by atoms with Crippen molar-refractivity contribution in [3.05, 3.63) is 34.9 Å². The summed E-state index contributed by atoms with van der Waals surface area (Å²) in [7, 11) is 0. The molecular weight excluding hydrogens is 156 g/mol. The number of hydrogen-bond donors (Lipinski definition) is 0. The minimum atomic E-state index is 0.726. The SMILES string of the molecule is CC(C)C1=CC2=CCCC=C2CC1. The molecule has 0 saturated heterocycles. The second-order valence-corrected chi connectivity index (χ2v) is 4.34. The van der Waals surface area contributed by atoms with Crippen molar-refractivity contribution >= 4 is 0 Å². The summed E-state index contributed by atoms with van der Waals surface area (Å²) in [5.41, 5.74) is 4.74. The maximum absolute atomic E-state index is 2.42. The van der Waals surface area contributed by atoms with Crippen LogP contribution in [-0.2, 0) is 0 Å². The first-order chi connectivity index (χ1) is 6.27. The van der Waals surface area contributed by atoms with Gasteiger partial charge in [0.1, 0.15) is 0 Å². The van der Waals surface area contributed by atoms with Gasteiger partial charge in [-0.25, -0.2) is 0 Å². The largest absolute Gasteiger partial charge is 0.0804 e. The van der Waals surface area contributed by atoms with Crippen LogP contribution in [0.3, 0.4) is 0 Å². The van der Waals surface area contributed by atoms with Crippen molar-refractivity contribution in [1.29, 1.82) is 0 Å². The molecule has 0 heteroatoms. The summed E-state index contributed by atoms with van der Waals surface area (Å²) in [6.07, 6.45) is 12.3. The summed E-state index contributed by atoms with van der Waals surface area (Å²) in [6, 6.07) is 0. The standard InChI is InChI=1S/C13H18/c1-10(2)12-8-7-11-5-3-4-6-13(11)9-12/h5-6,9-10H,3-4,7-8H2,1-2H3. The Kier molecular flexibility index (Phi) is 2.39. The lowest BCUT2D eigenvalue weighted by Crippen LogP contribution is -2.05. The van der Waals surface area contributed by atoms with Crippen LogP contribution in [0.25, 0.3) is 0 Å². The first-order valence-corrected chi connectivity index (χ1v) is 5.37. The van der Waals surface area contributed by atoms with E-state index in [0.29, 0.717) is 0 Å². The fourth-order valence-corrected chi connectivity index (χ4v) is 2.15. The van der Waals surface area contributed by atoms with Crippen molar-refractivity contribution in [1.82, 2.24) is 0 Å². The average Bonchev–Trinajstić information content (AvgIpc) is 2.17. The van der Waals surface area contributed by atoms with Crippen molar-refractivity contribution in [3.8, 4) is 0 Å². The van der Waals surface area contributed by atoms with Gasteiger partial charge in [-0.3, -0.25) is 0 Å². The van der Waals surface area contributed by atoms with Crippen molar-refractivity contribution in [3.63, 3.8) is 0 Å². The topological polar surface area (TPSA) is 0 Å². The smallest absolute Gasteiger partial charge is 0.0239 e. The summed E-state index contributed by atoms with van der Waals surface area (Å²) < 4.78 is 0. The van der Waals surface area contributed by atoms with Crippen LogP contribution in [0.15, 0.2) is 34.9 Å². The monoisotopic (exact) mass is 174 g/mol. The molecular formula is C13H18. The Morgan fingerprint density at radius 1 is 1.08 bits per heavy atom. The molecule has 0 bridgehead atoms. The first-order valence-electron chi connectivity index (χ1n) is 5.37. The second-order valence-electron chi connectivity index (χ2n) is 4.34. The number of hydrogen-bond acceptors (Lipinski definition) is 0. The zero-order valence-electron chi connectivity index (χ0n) is 8.64. The van der Waals surface area contributed by atoms with E-state index in [9.17, 15) is 0 Å². The Balaban J connectivity index is 2.26. The minimum absolute atomic E-state index is 0.726. The van der Waals surface area contributed by atoms with Crippen LogP contribution in [0.4, 0.5) is 0 Å². The van der Waals surface area contributed by atoms with Gasteiger partial charge in [0.2, 0.25) is 0 Å². The molecule has 0 aliphatic heterocycles. The molecule has 0 aromatic carbocycles. The Morgan fingerprint density at radius 3 is 2.62 bits per heavy atom. The van der Waals surface area contributed by atoms with E-state index in [1.165, 1.54) is 31.3 Å². The van der Waals surface area contributed by atoms with E-state index in [4.69, 9.17) is 0 Å². The lowest BCUT2D eigenvalue weighted by molar-refractivity contribution is 0.694. The van der Waals surface area contributed by atoms with E-state index < -0.39 is 0 Å². The number of fused-ring (bicyclic) bond motifs is 1. The van der Waals surface area contributed by atoms with Crippen LogP contribution in [0.1, 0.15) is 39.5 Å². The Bertz CT molecular complexity index is 287. The molecule has 0 fully saturated rings. The predicted octanol–water partition coefficient (Wildman–Crippen LogP) is 4.01. The molecule has 0 heterocycles. The molecule has 70 valence electrons. The van der Waals surface area contributed by atoms with Crippen molar-refractivity contribution in [2.45, 2.75) is 39.5 Å². The van der Waals surface area contributed by atoms with Gasteiger partial charge in [0.15, 0.2) is 0 Å². The normalized spacial score (nSPS) is 21.9. The molecule has 0 radical (unpaired) electrons. The van der Waals surface area contributed by atoms with Gasteiger partial charge in [0.25, 0.3) is 0 Å². The minimum Gasteiger partial charge on any atom is -0.0804 e. The fraction of sp³-hybridized carbons (Fsp3) is 0.538. The van der Waals surface area contributed by atoms with E-state index >= 15 is 0 Å². The maximum Gasteiger partial charge on any atom is -0.0239 e. The van der Waals surface area contributed by atoms with Gasteiger partial charge in [-0.15, -0.1) is 0 Å². The summed E-state index contributed by atoms with van der Waals surface area (Å²) >= 11 is 0. The Labute approximate surface area is 81.0 Å². The van der Waals surface area contributed by atoms with Gasteiger partial charge in [0.05, 0.1) is 0 Å². The lowest BCUT2D eigenvalue weighted by Gasteiger charge is -2.23. The van der Waals surface area contributed by atoms with Crippen LogP contribution in [0.5, 0.6) is 0 Å². The zero-order chi connectivity index (χ0) is 9.26. The molecule has 2 aliphatic carbocycles. The van der Waals surface area contributed by atoms with E-state index in [2.05, 4.69) is 32.1 Å². The van der Waals surface area contributed by atoms with Gasteiger partial charge in [-0.1, -0.05) is 37.6 Å². The van der Waals surface area contributed by atoms with Gasteiger partial charge in [0, 0.05) is 0 Å². The van der Waals surface area contributed by atoms with Crippen LogP contribution in [0, 0.1) is 5.92 Å². The molecule has 2 rings (SSSR count). The third-order valence-corrected chi connectivity index (χ3v) is 3.06. The molecule has 0 saturated carbocycles. The van der Waals surface area contributed by atoms with E-state index in [0.717, 1.165) is 5.92 Å². The highest BCUT2D eigenvalue weighted by Gasteiger charge is 2.15. The molecule has 13 heavy (non-hydrogen) atoms. The molecule has 0 N–H and O–H groups in total. The molecule has 0 amide bonds. The van der Waals surface area contributed by atoms with Crippen molar-refractivity contribution in [2.24, 2.45) is 5.92 Å².